The standard InChI is InChI=1S/C37H44O8/c1-4-6-7-8-9-10-11-14-28-15-20-31(21-16-28)44-36(39)29-17-22-32(23-18-29)45-37(40)30-19-24-33(34(27-30)41-3)42-25-12-13-26-43-35(38)5-2/h5,15-24,27H,2,4,6-14,25-26H2,1,3H3. The van der Waals surface area contributed by atoms with E-state index >= 15 is 0 Å². The van der Waals surface area contributed by atoms with Crippen LogP contribution in [0.5, 0.6) is 23.0 Å². The summed E-state index contributed by atoms with van der Waals surface area (Å²) in [5, 5.41) is 0. The van der Waals surface area contributed by atoms with Gasteiger partial charge < -0.3 is 23.7 Å². The minimum absolute atomic E-state index is 0.273. The van der Waals surface area contributed by atoms with E-state index in [1.54, 1.807) is 36.4 Å². The predicted octanol–water partition coefficient (Wildman–Crippen LogP) is 8.31. The Morgan fingerprint density at radius 3 is 1.89 bits per heavy atom. The Labute approximate surface area is 266 Å². The molecule has 0 radical (unpaired) electrons. The number of aryl methyl sites for hydroxylation is 1. The van der Waals surface area contributed by atoms with E-state index in [-0.39, 0.29) is 17.9 Å². The van der Waals surface area contributed by atoms with Gasteiger partial charge in [-0.3, -0.25) is 0 Å². The number of methoxy groups -OCH3 is 1. The molecule has 0 spiro atoms. The zero-order chi connectivity index (χ0) is 32.3. The lowest BCUT2D eigenvalue weighted by Gasteiger charge is -2.12. The van der Waals surface area contributed by atoms with E-state index in [1.165, 1.54) is 57.3 Å². The molecule has 0 N–H and O–H groups in total. The van der Waals surface area contributed by atoms with Crippen LogP contribution in [0.25, 0.3) is 0 Å². The fraction of sp³-hybridized carbons (Fsp3) is 0.378. The van der Waals surface area contributed by atoms with Crippen molar-refractivity contribution in [3.05, 3.63) is 96.1 Å². The minimum Gasteiger partial charge on any atom is -0.493 e. The fourth-order valence-electron chi connectivity index (χ4n) is 4.53. The van der Waals surface area contributed by atoms with Crippen LogP contribution in [-0.2, 0) is 16.0 Å². The predicted molar refractivity (Wildman–Crippen MR) is 173 cm³/mol. The first-order valence-corrected chi connectivity index (χ1v) is 15.7. The molecule has 3 aromatic carbocycles. The lowest BCUT2D eigenvalue weighted by atomic mass is 10.0. The molecule has 0 aliphatic rings. The van der Waals surface area contributed by atoms with Gasteiger partial charge in [0, 0.05) is 6.08 Å². The van der Waals surface area contributed by atoms with E-state index in [0.717, 1.165) is 18.9 Å². The van der Waals surface area contributed by atoms with Crippen LogP contribution in [0.2, 0.25) is 0 Å². The maximum absolute atomic E-state index is 12.8. The first-order valence-electron chi connectivity index (χ1n) is 15.7. The van der Waals surface area contributed by atoms with Gasteiger partial charge in [-0.25, -0.2) is 14.4 Å². The number of benzene rings is 3. The summed E-state index contributed by atoms with van der Waals surface area (Å²) in [6.45, 7) is 6.25. The number of esters is 3. The number of carbonyl (C=O) groups excluding carboxylic acids is 3. The van der Waals surface area contributed by atoms with Crippen LogP contribution < -0.4 is 18.9 Å². The van der Waals surface area contributed by atoms with Gasteiger partial charge in [-0.2, -0.15) is 0 Å². The third-order valence-corrected chi connectivity index (χ3v) is 7.11. The summed E-state index contributed by atoms with van der Waals surface area (Å²) >= 11 is 0. The first kappa shape index (κ1) is 34.9. The number of ether oxygens (including phenoxy) is 5. The van der Waals surface area contributed by atoms with Crippen LogP contribution >= 0.6 is 0 Å². The van der Waals surface area contributed by atoms with E-state index in [4.69, 9.17) is 23.7 Å². The zero-order valence-corrected chi connectivity index (χ0v) is 26.4. The minimum atomic E-state index is -0.587. The Balaban J connectivity index is 1.44. The van der Waals surface area contributed by atoms with Crippen molar-refractivity contribution in [3.63, 3.8) is 0 Å². The van der Waals surface area contributed by atoms with Crippen molar-refractivity contribution in [1.82, 2.24) is 0 Å². The maximum atomic E-state index is 12.8. The van der Waals surface area contributed by atoms with Crippen molar-refractivity contribution in [2.24, 2.45) is 0 Å². The largest absolute Gasteiger partial charge is 0.493 e. The first-order chi connectivity index (χ1) is 21.9. The third kappa shape index (κ3) is 12.5. The van der Waals surface area contributed by atoms with Gasteiger partial charge >= 0.3 is 17.9 Å². The summed E-state index contributed by atoms with van der Waals surface area (Å²) in [4.78, 5) is 36.5. The second-order valence-corrected chi connectivity index (χ2v) is 10.6. The third-order valence-electron chi connectivity index (χ3n) is 7.11. The summed E-state index contributed by atoms with van der Waals surface area (Å²) in [6, 6.07) is 18.6. The normalized spacial score (nSPS) is 10.5. The second-order valence-electron chi connectivity index (χ2n) is 10.6. The molecule has 0 unspecified atom stereocenters. The van der Waals surface area contributed by atoms with Gasteiger partial charge in [0.05, 0.1) is 31.5 Å². The summed E-state index contributed by atoms with van der Waals surface area (Å²) in [6.07, 6.45) is 12.3. The molecule has 0 amide bonds. The summed E-state index contributed by atoms with van der Waals surface area (Å²) in [5.41, 5.74) is 1.84. The van der Waals surface area contributed by atoms with Crippen LogP contribution in [0.3, 0.4) is 0 Å². The van der Waals surface area contributed by atoms with Crippen molar-refractivity contribution in [3.8, 4) is 23.0 Å². The monoisotopic (exact) mass is 616 g/mol. The number of rotatable bonds is 20. The zero-order valence-electron chi connectivity index (χ0n) is 26.4. The lowest BCUT2D eigenvalue weighted by molar-refractivity contribution is -0.137. The highest BCUT2D eigenvalue weighted by Crippen LogP contribution is 2.29. The molecule has 3 rings (SSSR count). The van der Waals surface area contributed by atoms with Crippen molar-refractivity contribution < 1.29 is 38.1 Å². The van der Waals surface area contributed by atoms with E-state index in [9.17, 15) is 14.4 Å². The average molecular weight is 617 g/mol. The maximum Gasteiger partial charge on any atom is 0.343 e. The molecule has 0 fully saturated rings. The molecule has 0 heterocycles. The average Bonchev–Trinajstić information content (AvgIpc) is 3.06. The van der Waals surface area contributed by atoms with Gasteiger partial charge in [-0.15, -0.1) is 0 Å². The molecule has 0 atom stereocenters. The quantitative estimate of drug-likeness (QED) is 0.0541. The molecule has 3 aromatic rings. The molecule has 0 aromatic heterocycles. The van der Waals surface area contributed by atoms with Crippen molar-refractivity contribution >= 4 is 17.9 Å². The summed E-state index contributed by atoms with van der Waals surface area (Å²) in [5.74, 6) is 0.0802. The Kier molecular flexibility index (Phi) is 15.2. The van der Waals surface area contributed by atoms with E-state index in [1.807, 2.05) is 24.3 Å². The van der Waals surface area contributed by atoms with E-state index in [2.05, 4.69) is 13.5 Å². The van der Waals surface area contributed by atoms with Crippen molar-refractivity contribution in [2.45, 2.75) is 71.1 Å². The van der Waals surface area contributed by atoms with Crippen LogP contribution in [0.4, 0.5) is 0 Å². The smallest absolute Gasteiger partial charge is 0.343 e. The van der Waals surface area contributed by atoms with Crippen molar-refractivity contribution in [1.29, 1.82) is 0 Å². The van der Waals surface area contributed by atoms with Crippen LogP contribution in [0.1, 0.15) is 91.0 Å². The molecule has 8 nitrogen and oxygen atoms in total. The molecule has 8 heteroatoms. The summed E-state index contributed by atoms with van der Waals surface area (Å²) in [7, 11) is 1.48. The van der Waals surface area contributed by atoms with E-state index in [0.29, 0.717) is 42.3 Å². The van der Waals surface area contributed by atoms with Gasteiger partial charge in [0.15, 0.2) is 11.5 Å². The van der Waals surface area contributed by atoms with Gasteiger partial charge in [0.25, 0.3) is 0 Å². The van der Waals surface area contributed by atoms with E-state index < -0.39 is 17.9 Å². The molecule has 240 valence electrons. The highest BCUT2D eigenvalue weighted by Gasteiger charge is 2.15. The second kappa shape index (κ2) is 19.6. The van der Waals surface area contributed by atoms with Gasteiger partial charge in [-0.05, 0) is 85.8 Å². The van der Waals surface area contributed by atoms with Crippen LogP contribution in [0.15, 0.2) is 79.4 Å². The topological polar surface area (TPSA) is 97.4 Å². The van der Waals surface area contributed by atoms with Crippen LogP contribution in [-0.4, -0.2) is 38.2 Å². The van der Waals surface area contributed by atoms with Crippen molar-refractivity contribution in [2.75, 3.05) is 20.3 Å². The number of hydrogen-bond acceptors (Lipinski definition) is 8. The Morgan fingerprint density at radius 2 is 1.24 bits per heavy atom. The number of hydrogen-bond donors (Lipinski definition) is 0. The Morgan fingerprint density at radius 1 is 0.667 bits per heavy atom. The van der Waals surface area contributed by atoms with Gasteiger partial charge in [0.2, 0.25) is 0 Å². The molecule has 0 bridgehead atoms. The molecule has 0 aliphatic heterocycles. The Hall–Kier alpha value is -4.59. The number of carbonyl (C=O) groups is 3. The van der Waals surface area contributed by atoms with Crippen LogP contribution in [0, 0.1) is 0 Å². The number of unbranched alkanes of at least 4 members (excludes halogenated alkanes) is 7. The molecule has 45 heavy (non-hydrogen) atoms. The molecule has 0 aliphatic carbocycles. The van der Waals surface area contributed by atoms with Gasteiger partial charge in [-0.1, -0.05) is 64.2 Å². The molecule has 0 saturated carbocycles. The summed E-state index contributed by atoms with van der Waals surface area (Å²) < 4.78 is 27.1. The lowest BCUT2D eigenvalue weighted by Crippen LogP contribution is -2.11. The highest BCUT2D eigenvalue weighted by atomic mass is 16.5. The highest BCUT2D eigenvalue weighted by molar-refractivity contribution is 5.93. The van der Waals surface area contributed by atoms with Gasteiger partial charge in [0.1, 0.15) is 11.5 Å². The fourth-order valence-corrected chi connectivity index (χ4v) is 4.53. The Bertz CT molecular complexity index is 1360. The SMILES string of the molecule is C=CC(=O)OCCCCOc1ccc(C(=O)Oc2ccc(C(=O)Oc3ccc(CCCCCCCCC)cc3)cc2)cc1OC. The molecule has 0 saturated heterocycles. The molecular formula is C37H44O8. The molecular weight excluding hydrogens is 572 g/mol.